The number of ether oxygens (including phenoxy) is 2. The van der Waals surface area contributed by atoms with Gasteiger partial charge in [-0.15, -0.1) is 0 Å². The van der Waals surface area contributed by atoms with E-state index in [9.17, 15) is 13.2 Å². The molecule has 186 valence electrons. The largest absolute Gasteiger partial charge is 0.443 e. The van der Waals surface area contributed by atoms with Crippen molar-refractivity contribution in [2.24, 2.45) is 0 Å². The van der Waals surface area contributed by atoms with Gasteiger partial charge in [0.25, 0.3) is 0 Å². The summed E-state index contributed by atoms with van der Waals surface area (Å²) in [4.78, 5) is 14.1. The first kappa shape index (κ1) is 26.4. The van der Waals surface area contributed by atoms with Gasteiger partial charge in [0.15, 0.2) is 9.84 Å². The fraction of sp³-hybridized carbons (Fsp3) is 0.480. The van der Waals surface area contributed by atoms with Gasteiger partial charge in [0.2, 0.25) is 0 Å². The summed E-state index contributed by atoms with van der Waals surface area (Å²) in [6.07, 6.45) is -0.323. The molecule has 0 unspecified atom stereocenters. The van der Waals surface area contributed by atoms with Gasteiger partial charge in [0, 0.05) is 24.3 Å². The quantitative estimate of drug-likeness (QED) is 0.484. The Morgan fingerprint density at radius 3 is 2.21 bits per heavy atom. The zero-order chi connectivity index (χ0) is 25.3. The number of anilines is 1. The Labute approximate surface area is 205 Å². The van der Waals surface area contributed by atoms with Crippen LogP contribution >= 0.6 is 11.6 Å². The third kappa shape index (κ3) is 5.24. The molecule has 1 heterocycles. The number of carbonyl (C=O) groups is 1. The highest BCUT2D eigenvalue weighted by molar-refractivity contribution is 7.92. The predicted octanol–water partition coefficient (Wildman–Crippen LogP) is 6.11. The minimum atomic E-state index is -3.91. The number of carbonyl (C=O) groups excluding carboxylic acids is 1. The van der Waals surface area contributed by atoms with Crippen LogP contribution in [0.3, 0.4) is 0 Å². The summed E-state index contributed by atoms with van der Waals surface area (Å²) in [6.45, 7) is 9.17. The molecule has 34 heavy (non-hydrogen) atoms. The van der Waals surface area contributed by atoms with Crippen LogP contribution in [-0.4, -0.2) is 39.4 Å². The molecule has 1 saturated heterocycles. The van der Waals surface area contributed by atoms with Crippen LogP contribution in [0.2, 0.25) is 5.02 Å². The molecule has 0 bridgehead atoms. The first-order chi connectivity index (χ1) is 15.8. The van der Waals surface area contributed by atoms with E-state index in [0.29, 0.717) is 10.6 Å². The molecule has 3 rings (SSSR count). The first-order valence-corrected chi connectivity index (χ1v) is 13.0. The summed E-state index contributed by atoms with van der Waals surface area (Å²) in [7, 11) is -3.91. The van der Waals surface area contributed by atoms with Crippen LogP contribution in [0.15, 0.2) is 47.4 Å². The lowest BCUT2D eigenvalue weighted by molar-refractivity contribution is 0.0569. The van der Waals surface area contributed by atoms with Gasteiger partial charge >= 0.3 is 6.09 Å². The number of amides is 1. The number of benzene rings is 2. The van der Waals surface area contributed by atoms with Crippen LogP contribution < -0.4 is 4.90 Å². The number of nitrogens with zero attached hydrogens (tertiary/aromatic N) is 1. The third-order valence-electron chi connectivity index (χ3n) is 5.78. The molecule has 1 aliphatic rings. The Morgan fingerprint density at radius 1 is 1.12 bits per heavy atom. The van der Waals surface area contributed by atoms with Crippen LogP contribution in [0.1, 0.15) is 53.0 Å². The second kappa shape index (κ2) is 9.84. The Hall–Kier alpha value is -2.16. The summed E-state index contributed by atoms with van der Waals surface area (Å²) in [6, 6.07) is 9.82. The van der Waals surface area contributed by atoms with Crippen LogP contribution in [0.4, 0.5) is 14.9 Å². The maximum absolute atomic E-state index is 15.5. The average molecular weight is 512 g/mol. The molecule has 0 radical (unpaired) electrons. The topological polar surface area (TPSA) is 72.9 Å². The molecule has 0 aliphatic carbocycles. The van der Waals surface area contributed by atoms with Crippen molar-refractivity contribution in [1.29, 1.82) is 0 Å². The maximum atomic E-state index is 15.5. The number of hydrogen-bond acceptors (Lipinski definition) is 5. The average Bonchev–Trinajstić information content (AvgIpc) is 2.74. The van der Waals surface area contributed by atoms with E-state index in [1.54, 1.807) is 40.7 Å². The molecule has 2 aromatic carbocycles. The van der Waals surface area contributed by atoms with Crippen molar-refractivity contribution in [3.05, 3.63) is 58.9 Å². The van der Waals surface area contributed by atoms with Gasteiger partial charge in [-0.25, -0.2) is 17.6 Å². The molecule has 0 saturated carbocycles. The third-order valence-corrected chi connectivity index (χ3v) is 8.60. The molecule has 9 heteroatoms. The van der Waals surface area contributed by atoms with E-state index in [2.05, 4.69) is 0 Å². The standard InChI is InChI=1S/C25H31ClFNO5S/c1-17(2)28(23(29)33-24(3,4)5)22-11-6-18(16-21(22)27)25(12-14-32-15-13-25)34(30,31)20-9-7-19(26)8-10-20/h6-11,16-17H,12-15H2,1-5H3. The molecule has 0 aromatic heterocycles. The Balaban J connectivity index is 2.09. The summed E-state index contributed by atoms with van der Waals surface area (Å²) >= 11 is 5.95. The molecular weight excluding hydrogens is 481 g/mol. The second-order valence-electron chi connectivity index (χ2n) is 9.67. The molecule has 0 N–H and O–H groups in total. The number of rotatable bonds is 5. The second-order valence-corrected chi connectivity index (χ2v) is 12.4. The lowest BCUT2D eigenvalue weighted by atomic mass is 9.90. The Morgan fingerprint density at radius 2 is 1.71 bits per heavy atom. The zero-order valence-corrected chi connectivity index (χ0v) is 21.7. The van der Waals surface area contributed by atoms with E-state index < -0.39 is 32.1 Å². The molecule has 2 aromatic rings. The SMILES string of the molecule is CC(C)N(C(=O)OC(C)(C)C)c1ccc(C2(S(=O)(=O)c3ccc(Cl)cc3)CCOCC2)cc1F. The molecule has 0 atom stereocenters. The monoisotopic (exact) mass is 511 g/mol. The van der Waals surface area contributed by atoms with Crippen molar-refractivity contribution >= 4 is 33.2 Å². The lowest BCUT2D eigenvalue weighted by Gasteiger charge is -2.37. The van der Waals surface area contributed by atoms with Crippen molar-refractivity contribution in [2.75, 3.05) is 18.1 Å². The highest BCUT2D eigenvalue weighted by Gasteiger charge is 2.47. The van der Waals surface area contributed by atoms with E-state index in [4.69, 9.17) is 21.1 Å². The maximum Gasteiger partial charge on any atom is 0.415 e. The van der Waals surface area contributed by atoms with Crippen molar-refractivity contribution in [3.8, 4) is 0 Å². The molecule has 0 spiro atoms. The normalized spacial score (nSPS) is 16.4. The van der Waals surface area contributed by atoms with Crippen molar-refractivity contribution in [2.45, 2.75) is 68.7 Å². The molecular formula is C25H31ClFNO5S. The molecule has 1 amide bonds. The van der Waals surface area contributed by atoms with Gasteiger partial charge in [-0.1, -0.05) is 17.7 Å². The lowest BCUT2D eigenvalue weighted by Crippen LogP contribution is -2.43. The molecule has 1 aliphatic heterocycles. The highest BCUT2D eigenvalue weighted by Crippen LogP contribution is 2.44. The minimum Gasteiger partial charge on any atom is -0.443 e. The predicted molar refractivity (Wildman–Crippen MR) is 131 cm³/mol. The van der Waals surface area contributed by atoms with Crippen molar-refractivity contribution in [3.63, 3.8) is 0 Å². The van der Waals surface area contributed by atoms with Crippen LogP contribution in [0, 0.1) is 5.82 Å². The van der Waals surface area contributed by atoms with Crippen LogP contribution in [-0.2, 0) is 24.1 Å². The van der Waals surface area contributed by atoms with Gasteiger partial charge in [0.1, 0.15) is 16.2 Å². The minimum absolute atomic E-state index is 0.0269. The summed E-state index contributed by atoms with van der Waals surface area (Å²) in [5.41, 5.74) is -0.404. The van der Waals surface area contributed by atoms with E-state index >= 15 is 4.39 Å². The van der Waals surface area contributed by atoms with Crippen LogP contribution in [0.5, 0.6) is 0 Å². The Kier molecular flexibility index (Phi) is 7.65. The van der Waals surface area contributed by atoms with Gasteiger partial charge in [-0.05, 0) is 89.4 Å². The number of halogens is 2. The van der Waals surface area contributed by atoms with Crippen molar-refractivity contribution in [1.82, 2.24) is 0 Å². The zero-order valence-electron chi connectivity index (χ0n) is 20.1. The first-order valence-electron chi connectivity index (χ1n) is 11.2. The Bertz CT molecular complexity index is 1140. The highest BCUT2D eigenvalue weighted by atomic mass is 35.5. The fourth-order valence-corrected chi connectivity index (χ4v) is 6.35. The van der Waals surface area contributed by atoms with Gasteiger partial charge in [0.05, 0.1) is 10.6 Å². The number of sulfone groups is 1. The van der Waals surface area contributed by atoms with E-state index in [1.165, 1.54) is 41.3 Å². The molecule has 1 fully saturated rings. The fourth-order valence-electron chi connectivity index (χ4n) is 4.14. The smallest absolute Gasteiger partial charge is 0.415 e. The van der Waals surface area contributed by atoms with Crippen molar-refractivity contribution < 1.29 is 27.1 Å². The van der Waals surface area contributed by atoms with Gasteiger partial charge in [-0.3, -0.25) is 4.90 Å². The van der Waals surface area contributed by atoms with Gasteiger partial charge < -0.3 is 9.47 Å². The van der Waals surface area contributed by atoms with E-state index in [1.807, 2.05) is 0 Å². The van der Waals surface area contributed by atoms with Crippen LogP contribution in [0.25, 0.3) is 0 Å². The molecule has 6 nitrogen and oxygen atoms in total. The van der Waals surface area contributed by atoms with E-state index in [0.717, 1.165) is 0 Å². The summed E-state index contributed by atoms with van der Waals surface area (Å²) in [5.74, 6) is -0.700. The number of hydrogen-bond donors (Lipinski definition) is 0. The summed E-state index contributed by atoms with van der Waals surface area (Å²) in [5, 5.41) is 0.422. The summed E-state index contributed by atoms with van der Waals surface area (Å²) < 4.78 is 52.7. The van der Waals surface area contributed by atoms with E-state index in [-0.39, 0.29) is 42.7 Å². The van der Waals surface area contributed by atoms with Gasteiger partial charge in [-0.2, -0.15) is 0 Å².